The van der Waals surface area contributed by atoms with Gasteiger partial charge in [-0.2, -0.15) is 0 Å². The van der Waals surface area contributed by atoms with Gasteiger partial charge in [0, 0.05) is 12.1 Å². The van der Waals surface area contributed by atoms with Crippen LogP contribution in [0.5, 0.6) is 11.5 Å². The largest absolute Gasteiger partial charge is 0.508 e. The number of likely N-dealkylation sites (tertiary alicyclic amines) is 1. The maximum Gasteiger partial charge on any atom is 0.295 e. The lowest BCUT2D eigenvalue weighted by Crippen LogP contribution is -2.32. The van der Waals surface area contributed by atoms with Crippen molar-refractivity contribution in [3.63, 3.8) is 0 Å². The molecule has 3 N–H and O–H groups in total. The molecule has 1 aliphatic heterocycles. The Morgan fingerprint density at radius 2 is 1.85 bits per heavy atom. The van der Waals surface area contributed by atoms with E-state index in [1.807, 2.05) is 0 Å². The molecule has 0 aromatic heterocycles. The number of nitrogens with zero attached hydrogens (tertiary/aromatic N) is 1. The van der Waals surface area contributed by atoms with Crippen LogP contribution in [0.3, 0.4) is 0 Å². The average molecular weight is 369 g/mol. The maximum absolute atomic E-state index is 12.6. The molecule has 1 heterocycles. The van der Waals surface area contributed by atoms with Crippen LogP contribution >= 0.6 is 0 Å². The molecule has 0 saturated carbocycles. The van der Waals surface area contributed by atoms with Gasteiger partial charge in [0.25, 0.3) is 11.7 Å². The number of aromatic hydroxyl groups is 1. The third-order valence-electron chi connectivity index (χ3n) is 4.43. The topological polar surface area (TPSA) is 107 Å². The first-order valence-corrected chi connectivity index (χ1v) is 8.30. The Kier molecular flexibility index (Phi) is 5.14. The van der Waals surface area contributed by atoms with Crippen molar-refractivity contribution in [1.82, 2.24) is 4.90 Å². The quantitative estimate of drug-likeness (QED) is 0.422. The van der Waals surface area contributed by atoms with E-state index in [4.69, 9.17) is 4.74 Å². The number of Topliss-reactive ketones (excluding diaryl/α,β-unsaturated/α-hetero) is 1. The molecule has 27 heavy (non-hydrogen) atoms. The molecule has 7 nitrogen and oxygen atoms in total. The highest BCUT2D eigenvalue weighted by Crippen LogP contribution is 2.40. The van der Waals surface area contributed by atoms with Crippen LogP contribution in [0.2, 0.25) is 0 Å². The van der Waals surface area contributed by atoms with Crippen LogP contribution < -0.4 is 4.74 Å². The summed E-state index contributed by atoms with van der Waals surface area (Å²) in [6.07, 6.45) is 0. The summed E-state index contributed by atoms with van der Waals surface area (Å²) in [5.74, 6) is -1.44. The van der Waals surface area contributed by atoms with Crippen LogP contribution in [-0.2, 0) is 9.59 Å². The number of methoxy groups -OCH3 is 1. The van der Waals surface area contributed by atoms with Gasteiger partial charge in [-0.05, 0) is 42.0 Å². The number of carbonyl (C=O) groups is 2. The fourth-order valence-electron chi connectivity index (χ4n) is 3.16. The number of amides is 1. The molecule has 1 unspecified atom stereocenters. The summed E-state index contributed by atoms with van der Waals surface area (Å²) in [4.78, 5) is 26.3. The zero-order valence-electron chi connectivity index (χ0n) is 14.6. The number of carbonyl (C=O) groups excluding carboxylic acids is 2. The number of β-amino-alcohol motifs (C(OH)–C–C–N with tert-alkyl or cyclic N) is 1. The molecule has 1 aliphatic rings. The second-order valence-corrected chi connectivity index (χ2v) is 6.04. The smallest absolute Gasteiger partial charge is 0.295 e. The third-order valence-corrected chi connectivity index (χ3v) is 4.43. The normalized spacial score (nSPS) is 18.7. The van der Waals surface area contributed by atoms with Gasteiger partial charge in [-0.15, -0.1) is 0 Å². The number of aliphatic hydroxyl groups is 2. The number of hydrogen-bond acceptors (Lipinski definition) is 6. The van der Waals surface area contributed by atoms with Crippen molar-refractivity contribution in [2.24, 2.45) is 0 Å². The fraction of sp³-hybridized carbons (Fsp3) is 0.200. The number of ketones is 1. The van der Waals surface area contributed by atoms with Gasteiger partial charge in [-0.3, -0.25) is 9.59 Å². The summed E-state index contributed by atoms with van der Waals surface area (Å²) in [5, 5.41) is 29.9. The maximum atomic E-state index is 12.6. The molecule has 0 radical (unpaired) electrons. The lowest BCUT2D eigenvalue weighted by Gasteiger charge is -2.24. The molecule has 0 bridgehead atoms. The summed E-state index contributed by atoms with van der Waals surface area (Å²) in [6, 6.07) is 11.6. The van der Waals surface area contributed by atoms with Crippen molar-refractivity contribution in [1.29, 1.82) is 0 Å². The van der Waals surface area contributed by atoms with Crippen molar-refractivity contribution in [2.75, 3.05) is 20.3 Å². The van der Waals surface area contributed by atoms with Crippen LogP contribution in [-0.4, -0.2) is 52.2 Å². The number of benzene rings is 2. The van der Waals surface area contributed by atoms with Gasteiger partial charge in [-0.25, -0.2) is 0 Å². The van der Waals surface area contributed by atoms with E-state index in [0.29, 0.717) is 16.9 Å². The zero-order valence-corrected chi connectivity index (χ0v) is 14.6. The van der Waals surface area contributed by atoms with Gasteiger partial charge in [0.1, 0.15) is 17.3 Å². The first-order chi connectivity index (χ1) is 13.0. The Balaban J connectivity index is 2.16. The minimum Gasteiger partial charge on any atom is -0.508 e. The van der Waals surface area contributed by atoms with Gasteiger partial charge in [-0.1, -0.05) is 12.1 Å². The molecule has 1 saturated heterocycles. The second kappa shape index (κ2) is 7.51. The average Bonchev–Trinajstić information content (AvgIpc) is 2.93. The first-order valence-electron chi connectivity index (χ1n) is 8.30. The van der Waals surface area contributed by atoms with E-state index in [-0.39, 0.29) is 30.2 Å². The van der Waals surface area contributed by atoms with Crippen LogP contribution in [0.1, 0.15) is 17.2 Å². The number of phenolic OH excluding ortho intramolecular Hbond substituents is 1. The van der Waals surface area contributed by atoms with Crippen molar-refractivity contribution >= 4 is 17.4 Å². The molecule has 1 atom stereocenters. The molecular weight excluding hydrogens is 350 g/mol. The van der Waals surface area contributed by atoms with Gasteiger partial charge in [0.15, 0.2) is 0 Å². The Hall–Kier alpha value is -3.32. The van der Waals surface area contributed by atoms with E-state index < -0.39 is 17.7 Å². The van der Waals surface area contributed by atoms with Crippen molar-refractivity contribution in [3.8, 4) is 11.5 Å². The Morgan fingerprint density at radius 1 is 1.15 bits per heavy atom. The molecule has 7 heteroatoms. The summed E-state index contributed by atoms with van der Waals surface area (Å²) in [5.41, 5.74) is 0.713. The van der Waals surface area contributed by atoms with E-state index in [2.05, 4.69) is 0 Å². The predicted octanol–water partition coefficient (Wildman–Crippen LogP) is 1.81. The molecule has 2 aromatic rings. The van der Waals surface area contributed by atoms with Crippen LogP contribution in [0.4, 0.5) is 0 Å². The Labute approximate surface area is 155 Å². The third kappa shape index (κ3) is 3.37. The zero-order chi connectivity index (χ0) is 19.6. The van der Waals surface area contributed by atoms with Crippen LogP contribution in [0, 0.1) is 0 Å². The fourth-order valence-corrected chi connectivity index (χ4v) is 3.16. The van der Waals surface area contributed by atoms with Crippen LogP contribution in [0.25, 0.3) is 5.76 Å². The van der Waals surface area contributed by atoms with Crippen LogP contribution in [0.15, 0.2) is 54.1 Å². The van der Waals surface area contributed by atoms with Crippen molar-refractivity contribution in [3.05, 3.63) is 65.2 Å². The first kappa shape index (κ1) is 18.5. The lowest BCUT2D eigenvalue weighted by molar-refractivity contribution is -0.140. The number of rotatable bonds is 5. The minimum atomic E-state index is -0.911. The standard InChI is InChI=1S/C20H19NO6/c1-27-15-7-5-12(6-8-15)18(24)16-17(13-3-2-4-14(23)11-13)21(9-10-22)20(26)19(16)25/h2-8,11,17,22-24H,9-10H2,1H3/b18-16-. The lowest BCUT2D eigenvalue weighted by atomic mass is 9.95. The molecule has 0 aliphatic carbocycles. The van der Waals surface area contributed by atoms with E-state index in [0.717, 1.165) is 0 Å². The summed E-state index contributed by atoms with van der Waals surface area (Å²) < 4.78 is 5.08. The van der Waals surface area contributed by atoms with Gasteiger partial charge in [0.2, 0.25) is 0 Å². The van der Waals surface area contributed by atoms with E-state index in [9.17, 15) is 24.9 Å². The molecule has 0 spiro atoms. The van der Waals surface area contributed by atoms with Gasteiger partial charge >= 0.3 is 0 Å². The highest BCUT2D eigenvalue weighted by Gasteiger charge is 2.45. The second-order valence-electron chi connectivity index (χ2n) is 6.04. The van der Waals surface area contributed by atoms with Gasteiger partial charge < -0.3 is 25.0 Å². The van der Waals surface area contributed by atoms with E-state index in [1.165, 1.54) is 24.1 Å². The van der Waals surface area contributed by atoms with Crippen molar-refractivity contribution < 1.29 is 29.6 Å². The van der Waals surface area contributed by atoms with E-state index in [1.54, 1.807) is 36.4 Å². The Bertz CT molecular complexity index is 903. The molecular formula is C20H19NO6. The molecule has 1 fully saturated rings. The highest BCUT2D eigenvalue weighted by atomic mass is 16.5. The van der Waals surface area contributed by atoms with E-state index >= 15 is 0 Å². The SMILES string of the molecule is COc1ccc(/C(O)=C2/C(=O)C(=O)N(CCO)C2c2cccc(O)c2)cc1. The molecule has 140 valence electrons. The monoisotopic (exact) mass is 369 g/mol. The minimum absolute atomic E-state index is 0.0356. The Morgan fingerprint density at radius 3 is 2.44 bits per heavy atom. The molecule has 1 amide bonds. The molecule has 3 rings (SSSR count). The number of aliphatic hydroxyl groups excluding tert-OH is 2. The summed E-state index contributed by atoms with van der Waals surface area (Å²) in [6.45, 7) is -0.421. The highest BCUT2D eigenvalue weighted by molar-refractivity contribution is 6.46. The summed E-state index contributed by atoms with van der Waals surface area (Å²) >= 11 is 0. The predicted molar refractivity (Wildman–Crippen MR) is 97.2 cm³/mol. The van der Waals surface area contributed by atoms with Gasteiger partial charge in [0.05, 0.1) is 25.3 Å². The number of hydrogen-bond donors (Lipinski definition) is 3. The number of phenols is 1. The molecule has 2 aromatic carbocycles. The van der Waals surface area contributed by atoms with Crippen molar-refractivity contribution in [2.45, 2.75) is 6.04 Å². The number of ether oxygens (including phenoxy) is 1. The summed E-state index contributed by atoms with van der Waals surface area (Å²) in [7, 11) is 1.51.